The predicted molar refractivity (Wildman–Crippen MR) is 154 cm³/mol. The number of ether oxygens (including phenoxy) is 2. The first-order chi connectivity index (χ1) is 19.9. The van der Waals surface area contributed by atoms with Crippen molar-refractivity contribution in [2.24, 2.45) is 0 Å². The summed E-state index contributed by atoms with van der Waals surface area (Å²) < 4.78 is 38.4. The maximum absolute atomic E-state index is 14.5. The number of halogens is 2. The fourth-order valence-corrected chi connectivity index (χ4v) is 4.84. The molecule has 4 rings (SSSR count). The highest BCUT2D eigenvalue weighted by Crippen LogP contribution is 2.31. The van der Waals surface area contributed by atoms with Crippen LogP contribution in [0.1, 0.15) is 81.3 Å². The summed E-state index contributed by atoms with van der Waals surface area (Å²) in [7, 11) is 0. The van der Waals surface area contributed by atoms with Gasteiger partial charge < -0.3 is 9.47 Å². The minimum atomic E-state index is -0.474. The molecule has 1 aliphatic carbocycles. The van der Waals surface area contributed by atoms with Gasteiger partial charge in [0.25, 0.3) is 0 Å². The molecule has 212 valence electrons. The summed E-state index contributed by atoms with van der Waals surface area (Å²) in [4.78, 5) is 24.3. The number of benzene rings is 3. The summed E-state index contributed by atoms with van der Waals surface area (Å²) >= 11 is 0. The lowest BCUT2D eigenvalue weighted by atomic mass is 9.92. The summed E-state index contributed by atoms with van der Waals surface area (Å²) in [6, 6.07) is 17.2. The van der Waals surface area contributed by atoms with Crippen molar-refractivity contribution in [2.45, 2.75) is 70.1 Å². The second-order valence-electron chi connectivity index (χ2n) is 10.2. The Morgan fingerprint density at radius 2 is 1.37 bits per heavy atom. The first-order valence-corrected chi connectivity index (χ1v) is 14.1. The highest BCUT2D eigenvalue weighted by atomic mass is 19.1. The van der Waals surface area contributed by atoms with Gasteiger partial charge >= 0.3 is 11.9 Å². The van der Waals surface area contributed by atoms with Crippen LogP contribution in [0.4, 0.5) is 8.78 Å². The van der Waals surface area contributed by atoms with Crippen molar-refractivity contribution in [2.75, 3.05) is 0 Å². The largest absolute Gasteiger partial charge is 0.427 e. The van der Waals surface area contributed by atoms with Crippen molar-refractivity contribution in [1.82, 2.24) is 0 Å². The minimum absolute atomic E-state index is 0.172. The Bertz CT molecular complexity index is 1490. The molecule has 0 saturated carbocycles. The Kier molecular flexibility index (Phi) is 10.8. The van der Waals surface area contributed by atoms with E-state index in [2.05, 4.69) is 6.07 Å². The van der Waals surface area contributed by atoms with Crippen LogP contribution in [-0.2, 0) is 9.59 Å². The number of fused-ring (bicyclic) bond motifs is 1. The fraction of sp³-hybridized carbons (Fsp3) is 0.324. The highest BCUT2D eigenvalue weighted by Gasteiger charge is 2.17. The van der Waals surface area contributed by atoms with Crippen LogP contribution < -0.4 is 9.47 Å². The summed E-state index contributed by atoms with van der Waals surface area (Å²) in [6.07, 6.45) is 11.7. The Balaban J connectivity index is 1.04. The molecule has 0 radical (unpaired) electrons. The van der Waals surface area contributed by atoms with E-state index >= 15 is 0 Å². The van der Waals surface area contributed by atoms with Crippen LogP contribution in [0.2, 0.25) is 0 Å². The number of carbonyl (C=O) groups excluding carboxylic acids is 2. The smallest absolute Gasteiger partial charge is 0.311 e. The van der Waals surface area contributed by atoms with E-state index in [-0.39, 0.29) is 29.9 Å². The van der Waals surface area contributed by atoms with E-state index in [1.165, 1.54) is 18.2 Å². The summed E-state index contributed by atoms with van der Waals surface area (Å²) in [6.45, 7) is 0. The van der Waals surface area contributed by atoms with E-state index in [4.69, 9.17) is 14.7 Å². The molecule has 1 unspecified atom stereocenters. The van der Waals surface area contributed by atoms with Gasteiger partial charge in [0.1, 0.15) is 23.1 Å². The average Bonchev–Trinajstić information content (AvgIpc) is 2.96. The maximum Gasteiger partial charge on any atom is 0.311 e. The van der Waals surface area contributed by atoms with Crippen molar-refractivity contribution < 1.29 is 27.8 Å². The molecule has 0 saturated heterocycles. The molecular formula is C34H33F2NO4. The van der Waals surface area contributed by atoms with Crippen LogP contribution in [0.3, 0.4) is 0 Å². The molecule has 7 heteroatoms. The van der Waals surface area contributed by atoms with Crippen LogP contribution >= 0.6 is 0 Å². The number of rotatable bonds is 13. The zero-order valence-electron chi connectivity index (χ0n) is 22.9. The minimum Gasteiger partial charge on any atom is -0.427 e. The molecule has 0 spiro atoms. The number of nitrogens with zero attached hydrogens (tertiary/aromatic N) is 1. The van der Waals surface area contributed by atoms with Gasteiger partial charge in [0.2, 0.25) is 0 Å². The third kappa shape index (κ3) is 9.11. The van der Waals surface area contributed by atoms with Crippen LogP contribution in [0, 0.1) is 17.1 Å². The molecule has 0 aromatic heterocycles. The third-order valence-corrected chi connectivity index (χ3v) is 7.09. The number of carbonyl (C=O) groups is 2. The molecule has 3 aromatic carbocycles. The van der Waals surface area contributed by atoms with Crippen LogP contribution in [0.5, 0.6) is 11.5 Å². The Labute approximate surface area is 239 Å². The predicted octanol–water partition coefficient (Wildman–Crippen LogP) is 8.77. The Morgan fingerprint density at radius 1 is 0.780 bits per heavy atom. The number of nitriles is 1. The lowest BCUT2D eigenvalue weighted by Gasteiger charge is -2.15. The second kappa shape index (κ2) is 14.9. The Morgan fingerprint density at radius 3 is 1.98 bits per heavy atom. The quantitative estimate of drug-likeness (QED) is 0.119. The molecule has 0 aliphatic heterocycles. The molecule has 0 N–H and O–H groups in total. The third-order valence-electron chi connectivity index (χ3n) is 7.09. The van der Waals surface area contributed by atoms with E-state index < -0.39 is 11.8 Å². The van der Waals surface area contributed by atoms with Gasteiger partial charge in [-0.1, -0.05) is 56.4 Å². The van der Waals surface area contributed by atoms with E-state index in [0.717, 1.165) is 49.3 Å². The molecule has 1 atom stereocenters. The lowest BCUT2D eigenvalue weighted by molar-refractivity contribution is -0.135. The average molecular weight is 558 g/mol. The van der Waals surface area contributed by atoms with Gasteiger partial charge in [-0.25, -0.2) is 8.78 Å². The standard InChI is InChI=1S/C34H33F2NO4/c35-28-15-12-25(13-16-28)31-19-18-30(22-32(31)36)41-34(39)9-7-5-3-1-2-4-6-8-33(38)40-29-17-14-26-20-24(23-37)10-11-27(26)21-29/h10-12,14-22,25H,1-9,13H2. The topological polar surface area (TPSA) is 76.4 Å². The number of hydrogen-bond acceptors (Lipinski definition) is 5. The van der Waals surface area contributed by atoms with Gasteiger partial charge in [-0.05, 0) is 78.1 Å². The molecule has 0 bridgehead atoms. The monoisotopic (exact) mass is 557 g/mol. The van der Waals surface area contributed by atoms with Gasteiger partial charge in [-0.2, -0.15) is 5.26 Å². The zero-order valence-corrected chi connectivity index (χ0v) is 22.9. The molecule has 0 heterocycles. The number of hydrogen-bond donors (Lipinski definition) is 0. The molecule has 3 aromatic rings. The first-order valence-electron chi connectivity index (χ1n) is 14.1. The van der Waals surface area contributed by atoms with Gasteiger partial charge in [0.05, 0.1) is 11.6 Å². The zero-order chi connectivity index (χ0) is 29.0. The molecule has 41 heavy (non-hydrogen) atoms. The van der Waals surface area contributed by atoms with Crippen molar-refractivity contribution in [3.63, 3.8) is 0 Å². The highest BCUT2D eigenvalue weighted by molar-refractivity contribution is 5.86. The molecule has 5 nitrogen and oxygen atoms in total. The van der Waals surface area contributed by atoms with E-state index in [1.807, 2.05) is 12.1 Å². The summed E-state index contributed by atoms with van der Waals surface area (Å²) in [5.41, 5.74) is 1.04. The molecule has 0 fully saturated rings. The van der Waals surface area contributed by atoms with Gasteiger partial charge in [-0.15, -0.1) is 0 Å². The van der Waals surface area contributed by atoms with E-state index in [1.54, 1.807) is 42.5 Å². The SMILES string of the molecule is N#Cc1ccc2cc(OC(=O)CCCCCCCCCC(=O)Oc3ccc(C4C=CC(F)=CC4)c(F)c3)ccc2c1. The van der Waals surface area contributed by atoms with Gasteiger partial charge in [0.15, 0.2) is 0 Å². The van der Waals surface area contributed by atoms with Crippen LogP contribution in [0.25, 0.3) is 10.8 Å². The fourth-order valence-electron chi connectivity index (χ4n) is 4.84. The normalized spacial score (nSPS) is 14.4. The number of allylic oxidation sites excluding steroid dienone is 4. The second-order valence-corrected chi connectivity index (χ2v) is 10.2. The van der Waals surface area contributed by atoms with Gasteiger partial charge in [-0.3, -0.25) is 9.59 Å². The first kappa shape index (κ1) is 29.7. The van der Waals surface area contributed by atoms with E-state index in [9.17, 15) is 18.4 Å². The maximum atomic E-state index is 14.5. The molecule has 1 aliphatic rings. The number of unbranched alkanes of at least 4 members (excludes halogenated alkanes) is 6. The van der Waals surface area contributed by atoms with E-state index in [0.29, 0.717) is 36.1 Å². The molecular weight excluding hydrogens is 524 g/mol. The lowest BCUT2D eigenvalue weighted by Crippen LogP contribution is -2.08. The summed E-state index contributed by atoms with van der Waals surface area (Å²) in [5, 5.41) is 10.8. The number of esters is 2. The van der Waals surface area contributed by atoms with Gasteiger partial charge in [0, 0.05) is 24.8 Å². The van der Waals surface area contributed by atoms with Crippen LogP contribution in [0.15, 0.2) is 78.7 Å². The van der Waals surface area contributed by atoms with Crippen LogP contribution in [-0.4, -0.2) is 11.9 Å². The van der Waals surface area contributed by atoms with Crippen molar-refractivity contribution in [1.29, 1.82) is 5.26 Å². The molecule has 0 amide bonds. The van der Waals surface area contributed by atoms with Crippen molar-refractivity contribution in [3.05, 3.63) is 95.6 Å². The van der Waals surface area contributed by atoms with Crippen molar-refractivity contribution in [3.8, 4) is 17.6 Å². The van der Waals surface area contributed by atoms with Crippen molar-refractivity contribution >= 4 is 22.7 Å². The summed E-state index contributed by atoms with van der Waals surface area (Å²) in [5.74, 6) is -1.00. The Hall–Kier alpha value is -4.31.